The maximum absolute atomic E-state index is 5.67. The molecule has 28 heavy (non-hydrogen) atoms. The van der Waals surface area contributed by atoms with Crippen LogP contribution < -0.4 is 10.6 Å². The monoisotopic (exact) mass is 406 g/mol. The summed E-state index contributed by atoms with van der Waals surface area (Å²) in [5.74, 6) is 2.05. The zero-order valence-electron chi connectivity index (χ0n) is 16.5. The Bertz CT molecular complexity index is 715. The number of hydrogen-bond acceptors (Lipinski definition) is 6. The fraction of sp³-hybridized carbons (Fsp3) is 0.619. The minimum Gasteiger partial charge on any atom is -0.379 e. The van der Waals surface area contributed by atoms with Crippen LogP contribution in [0.2, 0.25) is 0 Å². The molecule has 0 amide bonds. The van der Waals surface area contributed by atoms with Crippen molar-refractivity contribution in [2.75, 3.05) is 26.3 Å². The summed E-state index contributed by atoms with van der Waals surface area (Å²) in [7, 11) is 0. The van der Waals surface area contributed by atoms with Crippen molar-refractivity contribution >= 4 is 12.4 Å². The van der Waals surface area contributed by atoms with Gasteiger partial charge >= 0.3 is 0 Å². The lowest BCUT2D eigenvalue weighted by Gasteiger charge is -2.33. The molecule has 1 saturated carbocycles. The van der Waals surface area contributed by atoms with Gasteiger partial charge in [-0.1, -0.05) is 30.6 Å². The number of morpholine rings is 1. The van der Waals surface area contributed by atoms with E-state index in [1.54, 1.807) is 0 Å². The Kier molecular flexibility index (Phi) is 7.85. The summed E-state index contributed by atoms with van der Waals surface area (Å²) in [6.45, 7) is 5.73. The van der Waals surface area contributed by atoms with Gasteiger partial charge in [0.25, 0.3) is 5.89 Å². The second kappa shape index (κ2) is 10.3. The highest BCUT2D eigenvalue weighted by Crippen LogP contribution is 2.29. The average Bonchev–Trinajstić information content (AvgIpc) is 3.39. The SMILES string of the molecule is CCc1noc(-c2ccc(CCNC3CCCC3C3COCCN3)cc2)n1.Cl. The van der Waals surface area contributed by atoms with Gasteiger partial charge in [0.2, 0.25) is 0 Å². The van der Waals surface area contributed by atoms with Crippen LogP contribution in [0.5, 0.6) is 0 Å². The van der Waals surface area contributed by atoms with Crippen molar-refractivity contribution in [1.82, 2.24) is 20.8 Å². The summed E-state index contributed by atoms with van der Waals surface area (Å²) in [6, 6.07) is 9.59. The average molecular weight is 407 g/mol. The second-order valence-corrected chi connectivity index (χ2v) is 7.61. The molecule has 1 aromatic carbocycles. The standard InChI is InChI=1S/C21H30N4O2.ClH/c1-2-20-24-21(27-25-20)16-8-6-15(7-9-16)10-11-22-18-5-3-4-17(18)19-14-26-13-12-23-19;/h6-9,17-19,22-23H,2-5,10-14H2,1H3;1H. The number of benzene rings is 1. The Hall–Kier alpha value is -1.47. The normalized spacial score (nSPS) is 24.8. The predicted molar refractivity (Wildman–Crippen MR) is 112 cm³/mol. The van der Waals surface area contributed by atoms with Gasteiger partial charge in [0.05, 0.1) is 13.2 Å². The molecule has 6 nitrogen and oxygen atoms in total. The smallest absolute Gasteiger partial charge is 0.257 e. The molecule has 154 valence electrons. The largest absolute Gasteiger partial charge is 0.379 e. The highest BCUT2D eigenvalue weighted by molar-refractivity contribution is 5.85. The molecule has 1 aliphatic carbocycles. The highest BCUT2D eigenvalue weighted by Gasteiger charge is 2.34. The second-order valence-electron chi connectivity index (χ2n) is 7.61. The van der Waals surface area contributed by atoms with Crippen molar-refractivity contribution in [2.45, 2.75) is 51.1 Å². The van der Waals surface area contributed by atoms with Gasteiger partial charge in [0, 0.05) is 30.6 Å². The topological polar surface area (TPSA) is 72.2 Å². The fourth-order valence-electron chi connectivity index (χ4n) is 4.32. The molecule has 1 aliphatic heterocycles. The highest BCUT2D eigenvalue weighted by atomic mass is 35.5. The number of nitrogens with one attached hydrogen (secondary N) is 2. The summed E-state index contributed by atoms with van der Waals surface area (Å²) < 4.78 is 11.0. The predicted octanol–water partition coefficient (Wildman–Crippen LogP) is 3.01. The third-order valence-electron chi connectivity index (χ3n) is 5.84. The molecule has 0 bridgehead atoms. The Balaban J connectivity index is 0.00000225. The van der Waals surface area contributed by atoms with Gasteiger partial charge < -0.3 is 19.9 Å². The summed E-state index contributed by atoms with van der Waals surface area (Å²) in [6.07, 6.45) is 5.72. The molecule has 3 atom stereocenters. The van der Waals surface area contributed by atoms with Crippen LogP contribution in [0.4, 0.5) is 0 Å². The van der Waals surface area contributed by atoms with E-state index in [0.717, 1.165) is 50.5 Å². The summed E-state index contributed by atoms with van der Waals surface area (Å²) in [4.78, 5) is 4.39. The van der Waals surface area contributed by atoms with Crippen LogP contribution in [0.1, 0.15) is 37.6 Å². The van der Waals surface area contributed by atoms with Crippen molar-refractivity contribution in [3.63, 3.8) is 0 Å². The van der Waals surface area contributed by atoms with E-state index in [0.29, 0.717) is 23.9 Å². The number of aromatic nitrogens is 2. The van der Waals surface area contributed by atoms with Crippen LogP contribution in [-0.4, -0.2) is 48.5 Å². The number of ether oxygens (including phenoxy) is 1. The van der Waals surface area contributed by atoms with Crippen LogP contribution in [0.15, 0.2) is 28.8 Å². The number of hydrogen-bond donors (Lipinski definition) is 2. The first-order valence-electron chi connectivity index (χ1n) is 10.3. The van der Waals surface area contributed by atoms with Crippen molar-refractivity contribution in [1.29, 1.82) is 0 Å². The molecule has 2 N–H and O–H groups in total. The van der Waals surface area contributed by atoms with E-state index in [-0.39, 0.29) is 12.4 Å². The van der Waals surface area contributed by atoms with Gasteiger partial charge in [-0.25, -0.2) is 0 Å². The number of rotatable bonds is 7. The number of aryl methyl sites for hydroxylation is 1. The van der Waals surface area contributed by atoms with Gasteiger partial charge in [-0.05, 0) is 49.4 Å². The molecule has 1 aromatic heterocycles. The van der Waals surface area contributed by atoms with Gasteiger partial charge in [0.1, 0.15) is 0 Å². The maximum Gasteiger partial charge on any atom is 0.257 e. The van der Waals surface area contributed by atoms with E-state index >= 15 is 0 Å². The van der Waals surface area contributed by atoms with Gasteiger partial charge in [-0.2, -0.15) is 4.98 Å². The minimum absolute atomic E-state index is 0. The molecule has 2 aromatic rings. The molecule has 3 unspecified atom stereocenters. The molecule has 0 spiro atoms. The van der Waals surface area contributed by atoms with Gasteiger partial charge in [-0.3, -0.25) is 0 Å². The van der Waals surface area contributed by atoms with Gasteiger partial charge in [0.15, 0.2) is 5.82 Å². The molecule has 2 fully saturated rings. The Morgan fingerprint density at radius 3 is 2.79 bits per heavy atom. The number of nitrogens with zero attached hydrogens (tertiary/aromatic N) is 2. The van der Waals surface area contributed by atoms with Crippen LogP contribution >= 0.6 is 12.4 Å². The zero-order chi connectivity index (χ0) is 18.5. The molecule has 2 heterocycles. The molecule has 0 radical (unpaired) electrons. The van der Waals surface area contributed by atoms with Crippen molar-refractivity contribution < 1.29 is 9.26 Å². The quantitative estimate of drug-likeness (QED) is 0.736. The van der Waals surface area contributed by atoms with Gasteiger partial charge in [-0.15, -0.1) is 12.4 Å². The van der Waals surface area contributed by atoms with E-state index in [9.17, 15) is 0 Å². The summed E-state index contributed by atoms with van der Waals surface area (Å²) >= 11 is 0. The summed E-state index contributed by atoms with van der Waals surface area (Å²) in [5, 5.41) is 11.4. The lowest BCUT2D eigenvalue weighted by atomic mass is 9.94. The Morgan fingerprint density at radius 1 is 1.21 bits per heavy atom. The van der Waals surface area contributed by atoms with Crippen LogP contribution in [0.3, 0.4) is 0 Å². The lowest BCUT2D eigenvalue weighted by molar-refractivity contribution is 0.0526. The first-order chi connectivity index (χ1) is 13.3. The molecular weight excluding hydrogens is 376 g/mol. The zero-order valence-corrected chi connectivity index (χ0v) is 17.3. The van der Waals surface area contributed by atoms with E-state index in [1.807, 2.05) is 6.92 Å². The molecule has 1 saturated heterocycles. The third kappa shape index (κ3) is 5.11. The van der Waals surface area contributed by atoms with Crippen molar-refractivity contribution in [3.05, 3.63) is 35.7 Å². The van der Waals surface area contributed by atoms with E-state index in [2.05, 4.69) is 45.0 Å². The number of halogens is 1. The Labute approximate surface area is 173 Å². The lowest BCUT2D eigenvalue weighted by Crippen LogP contribution is -2.51. The maximum atomic E-state index is 5.67. The molecule has 7 heteroatoms. The summed E-state index contributed by atoms with van der Waals surface area (Å²) in [5.41, 5.74) is 2.31. The molecular formula is C21H31ClN4O2. The fourth-order valence-corrected chi connectivity index (χ4v) is 4.32. The van der Waals surface area contributed by atoms with Crippen molar-refractivity contribution in [3.8, 4) is 11.5 Å². The van der Waals surface area contributed by atoms with Crippen molar-refractivity contribution in [2.24, 2.45) is 5.92 Å². The van der Waals surface area contributed by atoms with Crippen LogP contribution in [0, 0.1) is 5.92 Å². The van der Waals surface area contributed by atoms with Crippen LogP contribution in [-0.2, 0) is 17.6 Å². The Morgan fingerprint density at radius 2 is 2.07 bits per heavy atom. The first kappa shape index (κ1) is 21.2. The van der Waals surface area contributed by atoms with Crippen LogP contribution in [0.25, 0.3) is 11.5 Å². The molecule has 2 aliphatic rings. The minimum atomic E-state index is 0. The van der Waals surface area contributed by atoms with E-state index < -0.39 is 0 Å². The van der Waals surface area contributed by atoms with E-state index in [4.69, 9.17) is 9.26 Å². The molecule has 4 rings (SSSR count). The first-order valence-corrected chi connectivity index (χ1v) is 10.3. The van der Waals surface area contributed by atoms with E-state index in [1.165, 1.54) is 24.8 Å². The third-order valence-corrected chi connectivity index (χ3v) is 5.84.